The lowest BCUT2D eigenvalue weighted by Crippen LogP contribution is -2.25. The number of hydrogen-bond donors (Lipinski definition) is 1. The minimum atomic E-state index is -0.193. The van der Waals surface area contributed by atoms with Crippen molar-refractivity contribution in [3.63, 3.8) is 0 Å². The van der Waals surface area contributed by atoms with Crippen LogP contribution in [0.25, 0.3) is 0 Å². The van der Waals surface area contributed by atoms with Crippen molar-refractivity contribution in [1.82, 2.24) is 4.98 Å². The number of benzene rings is 2. The highest BCUT2D eigenvalue weighted by Gasteiger charge is 2.19. The van der Waals surface area contributed by atoms with Crippen LogP contribution in [0.3, 0.4) is 0 Å². The number of fused-ring (bicyclic) bond motifs is 1. The Kier molecular flexibility index (Phi) is 4.75. The van der Waals surface area contributed by atoms with Crippen LogP contribution in [0.15, 0.2) is 66.9 Å². The van der Waals surface area contributed by atoms with Gasteiger partial charge in [0.25, 0.3) is 5.91 Å². The molecular formula is C22H21N3O2. The number of nitrogens with zero attached hydrogens (tertiary/aromatic N) is 2. The smallest absolute Gasteiger partial charge is 0.257 e. The number of rotatable bonds is 4. The maximum absolute atomic E-state index is 12.5. The summed E-state index contributed by atoms with van der Waals surface area (Å²) in [5.74, 6) is 1.37. The number of carbonyl (C=O) groups is 1. The molecule has 0 fully saturated rings. The van der Waals surface area contributed by atoms with Crippen LogP contribution in [-0.2, 0) is 6.42 Å². The van der Waals surface area contributed by atoms with Gasteiger partial charge in [-0.25, -0.2) is 4.98 Å². The number of pyridine rings is 1. The van der Waals surface area contributed by atoms with Crippen molar-refractivity contribution in [1.29, 1.82) is 0 Å². The van der Waals surface area contributed by atoms with E-state index in [0.29, 0.717) is 17.0 Å². The Morgan fingerprint density at radius 3 is 2.81 bits per heavy atom. The van der Waals surface area contributed by atoms with Crippen LogP contribution in [0.4, 0.5) is 17.2 Å². The van der Waals surface area contributed by atoms with E-state index in [9.17, 15) is 4.79 Å². The van der Waals surface area contributed by atoms with Crippen molar-refractivity contribution in [2.24, 2.45) is 0 Å². The van der Waals surface area contributed by atoms with E-state index < -0.39 is 0 Å². The molecule has 0 bridgehead atoms. The molecule has 0 spiro atoms. The number of nitrogens with one attached hydrogen (secondary N) is 1. The molecule has 4 rings (SSSR count). The fraction of sp³-hybridized carbons (Fsp3) is 0.182. The highest BCUT2D eigenvalue weighted by molar-refractivity contribution is 6.04. The van der Waals surface area contributed by atoms with E-state index in [1.165, 1.54) is 11.3 Å². The molecule has 1 aromatic heterocycles. The number of amides is 1. The standard InChI is InChI=1S/C22H21N3O2/c1-27-19-9-4-8-18(14-19)24-22(26)17-11-12-21(23-15-17)25-13-5-7-16-6-2-3-10-20(16)25/h2-4,6,8-12,14-15H,5,7,13H2,1H3,(H,24,26). The zero-order valence-electron chi connectivity index (χ0n) is 15.2. The third kappa shape index (κ3) is 3.62. The van der Waals surface area contributed by atoms with Crippen molar-refractivity contribution in [2.75, 3.05) is 23.9 Å². The van der Waals surface area contributed by atoms with Crippen LogP contribution in [0, 0.1) is 0 Å². The van der Waals surface area contributed by atoms with E-state index in [2.05, 4.69) is 33.4 Å². The number of carbonyl (C=O) groups excluding carboxylic acids is 1. The molecule has 0 saturated carbocycles. The van der Waals surface area contributed by atoms with Gasteiger partial charge >= 0.3 is 0 Å². The first kappa shape index (κ1) is 17.1. The summed E-state index contributed by atoms with van der Waals surface area (Å²) in [4.78, 5) is 19.2. The Morgan fingerprint density at radius 2 is 2.00 bits per heavy atom. The van der Waals surface area contributed by atoms with Crippen molar-refractivity contribution in [2.45, 2.75) is 12.8 Å². The van der Waals surface area contributed by atoms with Gasteiger partial charge in [0, 0.05) is 30.2 Å². The molecule has 27 heavy (non-hydrogen) atoms. The predicted octanol–water partition coefficient (Wildman–Crippen LogP) is 4.43. The maximum atomic E-state index is 12.5. The van der Waals surface area contributed by atoms with E-state index in [4.69, 9.17) is 4.74 Å². The van der Waals surface area contributed by atoms with Crippen molar-refractivity contribution in [3.8, 4) is 5.75 Å². The van der Waals surface area contributed by atoms with Crippen LogP contribution in [-0.4, -0.2) is 24.5 Å². The topological polar surface area (TPSA) is 54.5 Å². The minimum Gasteiger partial charge on any atom is -0.497 e. The molecule has 0 radical (unpaired) electrons. The summed E-state index contributed by atoms with van der Waals surface area (Å²) in [7, 11) is 1.60. The number of aromatic nitrogens is 1. The van der Waals surface area contributed by atoms with Gasteiger partial charge in [-0.15, -0.1) is 0 Å². The monoisotopic (exact) mass is 359 g/mol. The Hall–Kier alpha value is -3.34. The van der Waals surface area contributed by atoms with Crippen LogP contribution < -0.4 is 15.0 Å². The molecular weight excluding hydrogens is 338 g/mol. The molecule has 0 saturated heterocycles. The fourth-order valence-electron chi connectivity index (χ4n) is 3.36. The van der Waals surface area contributed by atoms with Gasteiger partial charge in [0.05, 0.1) is 12.7 Å². The second-order valence-electron chi connectivity index (χ2n) is 6.48. The number of para-hydroxylation sites is 1. The molecule has 0 atom stereocenters. The zero-order chi connectivity index (χ0) is 18.6. The molecule has 3 aromatic rings. The number of ether oxygens (including phenoxy) is 1. The number of aryl methyl sites for hydroxylation is 1. The predicted molar refractivity (Wildman–Crippen MR) is 107 cm³/mol. The van der Waals surface area contributed by atoms with Crippen molar-refractivity contribution >= 4 is 23.1 Å². The average Bonchev–Trinajstić information content (AvgIpc) is 2.73. The molecule has 5 heteroatoms. The number of hydrogen-bond acceptors (Lipinski definition) is 4. The van der Waals surface area contributed by atoms with E-state index in [0.717, 1.165) is 25.2 Å². The third-order valence-electron chi connectivity index (χ3n) is 4.72. The van der Waals surface area contributed by atoms with Gasteiger partial charge in [-0.3, -0.25) is 4.79 Å². The molecule has 2 heterocycles. The van der Waals surface area contributed by atoms with Crippen LogP contribution in [0.2, 0.25) is 0 Å². The first-order valence-corrected chi connectivity index (χ1v) is 9.01. The van der Waals surface area contributed by atoms with Gasteiger partial charge in [0.15, 0.2) is 0 Å². The third-order valence-corrected chi connectivity index (χ3v) is 4.72. The molecule has 0 aliphatic carbocycles. The summed E-state index contributed by atoms with van der Waals surface area (Å²) < 4.78 is 5.18. The van der Waals surface area contributed by atoms with Gasteiger partial charge in [0.1, 0.15) is 11.6 Å². The molecule has 1 N–H and O–H groups in total. The van der Waals surface area contributed by atoms with Gasteiger partial charge in [0.2, 0.25) is 0 Å². The summed E-state index contributed by atoms with van der Waals surface area (Å²) in [5.41, 5.74) is 3.75. The summed E-state index contributed by atoms with van der Waals surface area (Å²) in [6.45, 7) is 0.930. The Bertz CT molecular complexity index is 954. The molecule has 1 aliphatic heterocycles. The molecule has 5 nitrogen and oxygen atoms in total. The first-order chi connectivity index (χ1) is 13.2. The minimum absolute atomic E-state index is 0.193. The lowest BCUT2D eigenvalue weighted by atomic mass is 10.0. The van der Waals surface area contributed by atoms with E-state index in [1.807, 2.05) is 36.4 Å². The van der Waals surface area contributed by atoms with Gasteiger partial charge in [-0.1, -0.05) is 24.3 Å². The fourth-order valence-corrected chi connectivity index (χ4v) is 3.36. The van der Waals surface area contributed by atoms with Crippen molar-refractivity contribution < 1.29 is 9.53 Å². The lowest BCUT2D eigenvalue weighted by molar-refractivity contribution is 0.102. The second-order valence-corrected chi connectivity index (χ2v) is 6.48. The highest BCUT2D eigenvalue weighted by atomic mass is 16.5. The second kappa shape index (κ2) is 7.50. The average molecular weight is 359 g/mol. The summed E-state index contributed by atoms with van der Waals surface area (Å²) in [6.07, 6.45) is 3.81. The highest BCUT2D eigenvalue weighted by Crippen LogP contribution is 2.32. The SMILES string of the molecule is COc1cccc(NC(=O)c2ccc(N3CCCc4ccccc43)nc2)c1. The number of anilines is 3. The number of methoxy groups -OCH3 is 1. The summed E-state index contributed by atoms with van der Waals surface area (Å²) in [5, 5.41) is 2.88. The van der Waals surface area contributed by atoms with Crippen LogP contribution in [0.5, 0.6) is 5.75 Å². The molecule has 1 aliphatic rings. The van der Waals surface area contributed by atoms with E-state index in [-0.39, 0.29) is 5.91 Å². The largest absolute Gasteiger partial charge is 0.497 e. The molecule has 2 aromatic carbocycles. The summed E-state index contributed by atoms with van der Waals surface area (Å²) >= 11 is 0. The van der Waals surface area contributed by atoms with Gasteiger partial charge in [-0.2, -0.15) is 0 Å². The first-order valence-electron chi connectivity index (χ1n) is 9.01. The van der Waals surface area contributed by atoms with E-state index in [1.54, 1.807) is 19.4 Å². The van der Waals surface area contributed by atoms with Crippen LogP contribution in [0.1, 0.15) is 22.3 Å². The zero-order valence-corrected chi connectivity index (χ0v) is 15.2. The molecule has 0 unspecified atom stereocenters. The Morgan fingerprint density at radius 1 is 1.11 bits per heavy atom. The molecule has 136 valence electrons. The lowest BCUT2D eigenvalue weighted by Gasteiger charge is -2.30. The molecule has 1 amide bonds. The van der Waals surface area contributed by atoms with Gasteiger partial charge < -0.3 is 15.0 Å². The maximum Gasteiger partial charge on any atom is 0.257 e. The van der Waals surface area contributed by atoms with Gasteiger partial charge in [-0.05, 0) is 48.7 Å². The van der Waals surface area contributed by atoms with E-state index >= 15 is 0 Å². The Balaban J connectivity index is 1.52. The normalized spacial score (nSPS) is 13.0. The Labute approximate surface area is 158 Å². The summed E-state index contributed by atoms with van der Waals surface area (Å²) in [6, 6.07) is 19.4. The van der Waals surface area contributed by atoms with Crippen molar-refractivity contribution in [3.05, 3.63) is 78.0 Å². The van der Waals surface area contributed by atoms with Crippen LogP contribution >= 0.6 is 0 Å². The quantitative estimate of drug-likeness (QED) is 0.749.